The predicted octanol–water partition coefficient (Wildman–Crippen LogP) is 1.99. The highest BCUT2D eigenvalue weighted by Gasteiger charge is 2.16. The lowest BCUT2D eigenvalue weighted by Crippen LogP contribution is -2.28. The number of hydrogen-bond acceptors (Lipinski definition) is 5. The van der Waals surface area contributed by atoms with Gasteiger partial charge in [0.2, 0.25) is 0 Å². The normalized spacial score (nSPS) is 18.4. The van der Waals surface area contributed by atoms with Crippen molar-refractivity contribution in [3.63, 3.8) is 0 Å². The Labute approximate surface area is 125 Å². The summed E-state index contributed by atoms with van der Waals surface area (Å²) in [6, 6.07) is 5.98. The quantitative estimate of drug-likeness (QED) is 0.878. The summed E-state index contributed by atoms with van der Waals surface area (Å²) in [5, 5.41) is 6.70. The first-order valence-electron chi connectivity index (χ1n) is 7.58. The number of rotatable bonds is 5. The smallest absolute Gasteiger partial charge is 0.144 e. The van der Waals surface area contributed by atoms with Crippen molar-refractivity contribution in [2.24, 2.45) is 0 Å². The molecule has 1 atom stereocenters. The second kappa shape index (κ2) is 7.13. The summed E-state index contributed by atoms with van der Waals surface area (Å²) < 4.78 is 0. The first-order valence-corrected chi connectivity index (χ1v) is 7.58. The van der Waals surface area contributed by atoms with Gasteiger partial charge in [-0.1, -0.05) is 6.07 Å². The molecule has 0 amide bonds. The molecular weight excluding hydrogens is 262 g/mol. The Bertz CT molecular complexity index is 534. The molecule has 1 aliphatic heterocycles. The minimum atomic E-state index is 0.508. The van der Waals surface area contributed by atoms with Crippen LogP contribution in [0.1, 0.15) is 30.1 Å². The summed E-state index contributed by atoms with van der Waals surface area (Å²) in [6.07, 6.45) is 8.87. The van der Waals surface area contributed by atoms with E-state index in [1.54, 1.807) is 0 Å². The molecule has 1 fully saturated rings. The van der Waals surface area contributed by atoms with E-state index in [2.05, 4.69) is 25.6 Å². The summed E-state index contributed by atoms with van der Waals surface area (Å²) in [4.78, 5) is 13.3. The van der Waals surface area contributed by atoms with Gasteiger partial charge in [0.15, 0.2) is 0 Å². The highest BCUT2D eigenvalue weighted by atomic mass is 15.0. The summed E-state index contributed by atoms with van der Waals surface area (Å²) in [6.45, 7) is 2.95. The number of nitrogens with zero attached hydrogens (tertiary/aromatic N) is 3. The molecule has 2 N–H and O–H groups in total. The fourth-order valence-corrected chi connectivity index (χ4v) is 2.61. The van der Waals surface area contributed by atoms with Gasteiger partial charge in [0.1, 0.15) is 5.82 Å². The molecule has 0 aliphatic carbocycles. The highest BCUT2D eigenvalue weighted by molar-refractivity contribution is 5.31. The van der Waals surface area contributed by atoms with Crippen molar-refractivity contribution in [3.05, 3.63) is 48.2 Å². The SMILES string of the molecule is c1ccc(CCNc2cnc(C3CCCNC3)cn2)nc1. The van der Waals surface area contributed by atoms with E-state index < -0.39 is 0 Å². The molecule has 3 rings (SSSR count). The maximum absolute atomic E-state index is 4.55. The van der Waals surface area contributed by atoms with Crippen LogP contribution in [0.4, 0.5) is 5.82 Å². The number of anilines is 1. The Morgan fingerprint density at radius 1 is 1.19 bits per heavy atom. The van der Waals surface area contributed by atoms with Gasteiger partial charge in [0, 0.05) is 37.3 Å². The van der Waals surface area contributed by atoms with Gasteiger partial charge in [0.05, 0.1) is 18.1 Å². The molecule has 0 bridgehead atoms. The fourth-order valence-electron chi connectivity index (χ4n) is 2.61. The molecule has 0 radical (unpaired) electrons. The van der Waals surface area contributed by atoms with E-state index in [1.165, 1.54) is 12.8 Å². The zero-order valence-corrected chi connectivity index (χ0v) is 12.1. The van der Waals surface area contributed by atoms with E-state index in [1.807, 2.05) is 36.8 Å². The molecule has 5 heteroatoms. The van der Waals surface area contributed by atoms with Crippen LogP contribution >= 0.6 is 0 Å². The second-order valence-electron chi connectivity index (χ2n) is 5.37. The second-order valence-corrected chi connectivity index (χ2v) is 5.37. The zero-order chi connectivity index (χ0) is 14.3. The van der Waals surface area contributed by atoms with Gasteiger partial charge in [0.25, 0.3) is 0 Å². The minimum absolute atomic E-state index is 0.508. The standard InChI is InChI=1S/C16H21N5/c1-2-8-18-14(5-1)6-9-19-16-12-20-15(11-21-16)13-4-3-7-17-10-13/h1-2,5,8,11-13,17H,3-4,6-7,9-10H2,(H,19,21). The van der Waals surface area contributed by atoms with E-state index in [-0.39, 0.29) is 0 Å². The molecule has 2 aromatic heterocycles. The maximum atomic E-state index is 4.55. The van der Waals surface area contributed by atoms with E-state index >= 15 is 0 Å². The van der Waals surface area contributed by atoms with Crippen LogP contribution in [0.2, 0.25) is 0 Å². The number of aromatic nitrogens is 3. The van der Waals surface area contributed by atoms with E-state index in [0.717, 1.165) is 43.3 Å². The van der Waals surface area contributed by atoms with Gasteiger partial charge in [-0.2, -0.15) is 0 Å². The van der Waals surface area contributed by atoms with Gasteiger partial charge in [-0.3, -0.25) is 9.97 Å². The van der Waals surface area contributed by atoms with Crippen molar-refractivity contribution in [2.45, 2.75) is 25.2 Å². The van der Waals surface area contributed by atoms with Crippen LogP contribution in [0.15, 0.2) is 36.8 Å². The third-order valence-corrected chi connectivity index (χ3v) is 3.80. The average Bonchev–Trinajstić information content (AvgIpc) is 2.57. The van der Waals surface area contributed by atoms with Gasteiger partial charge in [-0.25, -0.2) is 4.98 Å². The molecule has 5 nitrogen and oxygen atoms in total. The summed E-state index contributed by atoms with van der Waals surface area (Å²) >= 11 is 0. The predicted molar refractivity (Wildman–Crippen MR) is 83.3 cm³/mol. The fraction of sp³-hybridized carbons (Fsp3) is 0.438. The maximum Gasteiger partial charge on any atom is 0.144 e. The van der Waals surface area contributed by atoms with Crippen LogP contribution < -0.4 is 10.6 Å². The monoisotopic (exact) mass is 283 g/mol. The molecule has 21 heavy (non-hydrogen) atoms. The van der Waals surface area contributed by atoms with Crippen molar-refractivity contribution in [3.8, 4) is 0 Å². The zero-order valence-electron chi connectivity index (χ0n) is 12.1. The van der Waals surface area contributed by atoms with Gasteiger partial charge in [-0.15, -0.1) is 0 Å². The number of pyridine rings is 1. The van der Waals surface area contributed by atoms with Crippen LogP contribution in [0.25, 0.3) is 0 Å². The molecule has 0 spiro atoms. The topological polar surface area (TPSA) is 62.7 Å². The van der Waals surface area contributed by atoms with Crippen LogP contribution in [-0.2, 0) is 6.42 Å². The molecular formula is C16H21N5. The molecule has 110 valence electrons. The molecule has 1 unspecified atom stereocenters. The largest absolute Gasteiger partial charge is 0.368 e. The van der Waals surface area contributed by atoms with Gasteiger partial charge in [-0.05, 0) is 31.5 Å². The number of nitrogens with one attached hydrogen (secondary N) is 2. The van der Waals surface area contributed by atoms with E-state index in [4.69, 9.17) is 0 Å². The number of hydrogen-bond donors (Lipinski definition) is 2. The lowest BCUT2D eigenvalue weighted by Gasteiger charge is -2.21. The van der Waals surface area contributed by atoms with Crippen molar-refractivity contribution < 1.29 is 0 Å². The summed E-state index contributed by atoms with van der Waals surface area (Å²) in [7, 11) is 0. The Morgan fingerprint density at radius 3 is 2.90 bits per heavy atom. The molecule has 0 saturated carbocycles. The molecule has 1 saturated heterocycles. The van der Waals surface area contributed by atoms with Crippen molar-refractivity contribution in [1.29, 1.82) is 0 Å². The Balaban J connectivity index is 1.50. The van der Waals surface area contributed by atoms with Crippen molar-refractivity contribution in [2.75, 3.05) is 25.0 Å². The Hall–Kier alpha value is -2.01. The van der Waals surface area contributed by atoms with Gasteiger partial charge >= 0.3 is 0 Å². The molecule has 2 aromatic rings. The van der Waals surface area contributed by atoms with Crippen LogP contribution in [0, 0.1) is 0 Å². The molecule has 1 aliphatic rings. The van der Waals surface area contributed by atoms with Crippen LogP contribution in [-0.4, -0.2) is 34.6 Å². The third kappa shape index (κ3) is 3.98. The van der Waals surface area contributed by atoms with E-state index in [9.17, 15) is 0 Å². The molecule has 0 aromatic carbocycles. The first-order chi connectivity index (χ1) is 10.4. The average molecular weight is 283 g/mol. The first kappa shape index (κ1) is 13.9. The Morgan fingerprint density at radius 2 is 2.19 bits per heavy atom. The minimum Gasteiger partial charge on any atom is -0.368 e. The van der Waals surface area contributed by atoms with Crippen LogP contribution in [0.3, 0.4) is 0 Å². The Kier molecular flexibility index (Phi) is 4.74. The summed E-state index contributed by atoms with van der Waals surface area (Å²) in [5.41, 5.74) is 2.18. The lowest BCUT2D eigenvalue weighted by atomic mass is 9.97. The number of piperidine rings is 1. The van der Waals surface area contributed by atoms with Crippen molar-refractivity contribution in [1.82, 2.24) is 20.3 Å². The molecule has 3 heterocycles. The third-order valence-electron chi connectivity index (χ3n) is 3.80. The summed E-state index contributed by atoms with van der Waals surface area (Å²) in [5.74, 6) is 1.34. The van der Waals surface area contributed by atoms with Crippen LogP contribution in [0.5, 0.6) is 0 Å². The highest BCUT2D eigenvalue weighted by Crippen LogP contribution is 2.20. The van der Waals surface area contributed by atoms with Crippen molar-refractivity contribution >= 4 is 5.82 Å². The lowest BCUT2D eigenvalue weighted by molar-refractivity contribution is 0.454. The van der Waals surface area contributed by atoms with Gasteiger partial charge < -0.3 is 10.6 Å². The van der Waals surface area contributed by atoms with E-state index in [0.29, 0.717) is 5.92 Å².